The molecule has 0 saturated carbocycles. The molecule has 0 aromatic rings. The molecule has 1 atom stereocenters. The molecule has 3 heteroatoms. The number of hydrogen-bond acceptors (Lipinski definition) is 1. The van der Waals surface area contributed by atoms with Crippen molar-refractivity contribution in [2.75, 3.05) is 27.2 Å². The summed E-state index contributed by atoms with van der Waals surface area (Å²) < 4.78 is 0. The fraction of sp³-hybridized carbons (Fsp3) is 0.900. The molecular weight excluding hydrogens is 164 g/mol. The lowest BCUT2D eigenvalue weighted by molar-refractivity contribution is -0.129. The monoisotopic (exact) mass is 183 g/mol. The van der Waals surface area contributed by atoms with Gasteiger partial charge in [0.1, 0.15) is 0 Å². The molecule has 0 bridgehead atoms. The first kappa shape index (κ1) is 10.5. The average Bonchev–Trinajstić information content (AvgIpc) is 2.15. The van der Waals surface area contributed by atoms with Crippen LogP contribution < -0.4 is 5.32 Å². The molecule has 0 spiro atoms. The van der Waals surface area contributed by atoms with E-state index < -0.39 is 0 Å². The number of rotatable bonds is 3. The summed E-state index contributed by atoms with van der Waals surface area (Å²) in [7, 11) is 3.63. The minimum Gasteiger partial charge on any atom is -0.349 e. The SMILES string of the molecule is CN(C)C(=O)CCC1CCC[N]C1. The van der Waals surface area contributed by atoms with Gasteiger partial charge < -0.3 is 4.90 Å². The summed E-state index contributed by atoms with van der Waals surface area (Å²) >= 11 is 0. The van der Waals surface area contributed by atoms with Crippen molar-refractivity contribution in [1.29, 1.82) is 0 Å². The van der Waals surface area contributed by atoms with Gasteiger partial charge in [-0.3, -0.25) is 4.79 Å². The molecule has 1 heterocycles. The highest BCUT2D eigenvalue weighted by atomic mass is 16.2. The first-order valence-corrected chi connectivity index (χ1v) is 5.03. The van der Waals surface area contributed by atoms with Crippen molar-refractivity contribution in [1.82, 2.24) is 10.2 Å². The summed E-state index contributed by atoms with van der Waals surface area (Å²) in [6.07, 6.45) is 4.17. The van der Waals surface area contributed by atoms with Gasteiger partial charge in [-0.1, -0.05) is 0 Å². The summed E-state index contributed by atoms with van der Waals surface area (Å²) in [6, 6.07) is 0. The van der Waals surface area contributed by atoms with Gasteiger partial charge in [0.05, 0.1) is 0 Å². The highest BCUT2D eigenvalue weighted by Gasteiger charge is 2.15. The predicted molar refractivity (Wildman–Crippen MR) is 52.5 cm³/mol. The summed E-state index contributed by atoms with van der Waals surface area (Å²) in [6.45, 7) is 2.00. The number of carbonyl (C=O) groups excluding carboxylic acids is 1. The topological polar surface area (TPSA) is 34.4 Å². The normalized spacial score (nSPS) is 22.8. The molecule has 1 aliphatic rings. The smallest absolute Gasteiger partial charge is 0.222 e. The Morgan fingerprint density at radius 2 is 2.31 bits per heavy atom. The summed E-state index contributed by atoms with van der Waals surface area (Å²) in [5, 5.41) is 4.36. The fourth-order valence-electron chi connectivity index (χ4n) is 1.64. The van der Waals surface area contributed by atoms with Crippen LogP contribution in [0.1, 0.15) is 25.7 Å². The first-order chi connectivity index (χ1) is 6.20. The maximum Gasteiger partial charge on any atom is 0.222 e. The molecule has 0 aromatic heterocycles. The molecule has 1 saturated heterocycles. The maximum absolute atomic E-state index is 11.3. The number of hydrogen-bond donors (Lipinski definition) is 0. The Labute approximate surface area is 80.5 Å². The van der Waals surface area contributed by atoms with Crippen LogP contribution in [0.15, 0.2) is 0 Å². The second-order valence-electron chi connectivity index (χ2n) is 3.96. The molecule has 0 N–H and O–H groups in total. The van der Waals surface area contributed by atoms with E-state index in [1.807, 2.05) is 14.1 Å². The lowest BCUT2D eigenvalue weighted by Gasteiger charge is -2.21. The van der Waals surface area contributed by atoms with E-state index in [1.165, 1.54) is 12.8 Å². The highest BCUT2D eigenvalue weighted by Crippen LogP contribution is 2.16. The third-order valence-electron chi connectivity index (χ3n) is 2.58. The van der Waals surface area contributed by atoms with E-state index in [-0.39, 0.29) is 5.91 Å². The first-order valence-electron chi connectivity index (χ1n) is 5.03. The van der Waals surface area contributed by atoms with E-state index >= 15 is 0 Å². The van der Waals surface area contributed by atoms with E-state index in [2.05, 4.69) is 5.32 Å². The van der Waals surface area contributed by atoms with Crippen molar-refractivity contribution >= 4 is 5.91 Å². The number of nitrogens with zero attached hydrogens (tertiary/aromatic N) is 2. The van der Waals surface area contributed by atoms with Crippen molar-refractivity contribution in [3.63, 3.8) is 0 Å². The van der Waals surface area contributed by atoms with Crippen LogP contribution in [0.25, 0.3) is 0 Å². The fourth-order valence-corrected chi connectivity index (χ4v) is 1.64. The Balaban J connectivity index is 2.13. The van der Waals surface area contributed by atoms with Crippen LogP contribution in [0.2, 0.25) is 0 Å². The van der Waals surface area contributed by atoms with Crippen molar-refractivity contribution in [2.24, 2.45) is 5.92 Å². The Morgan fingerprint density at radius 1 is 1.54 bits per heavy atom. The van der Waals surface area contributed by atoms with Crippen molar-refractivity contribution in [3.05, 3.63) is 0 Å². The quantitative estimate of drug-likeness (QED) is 0.639. The average molecular weight is 183 g/mol. The molecule has 13 heavy (non-hydrogen) atoms. The second kappa shape index (κ2) is 5.22. The Kier molecular flexibility index (Phi) is 4.22. The molecule has 0 aromatic carbocycles. The molecule has 1 fully saturated rings. The Morgan fingerprint density at radius 3 is 2.85 bits per heavy atom. The zero-order valence-corrected chi connectivity index (χ0v) is 8.62. The van der Waals surface area contributed by atoms with Crippen LogP contribution in [-0.4, -0.2) is 38.0 Å². The maximum atomic E-state index is 11.3. The van der Waals surface area contributed by atoms with Gasteiger partial charge in [-0.05, 0) is 25.2 Å². The van der Waals surface area contributed by atoms with Crippen molar-refractivity contribution in [2.45, 2.75) is 25.7 Å². The zero-order chi connectivity index (χ0) is 9.68. The minimum absolute atomic E-state index is 0.241. The highest BCUT2D eigenvalue weighted by molar-refractivity contribution is 5.75. The lowest BCUT2D eigenvalue weighted by Crippen LogP contribution is -2.27. The van der Waals surface area contributed by atoms with E-state index in [0.717, 1.165) is 19.5 Å². The van der Waals surface area contributed by atoms with Gasteiger partial charge in [-0.15, -0.1) is 0 Å². The summed E-state index contributed by atoms with van der Waals surface area (Å²) in [4.78, 5) is 12.9. The minimum atomic E-state index is 0.241. The van der Waals surface area contributed by atoms with Gasteiger partial charge >= 0.3 is 0 Å². The van der Waals surface area contributed by atoms with Gasteiger partial charge in [-0.2, -0.15) is 0 Å². The lowest BCUT2D eigenvalue weighted by atomic mass is 9.94. The molecule has 1 aliphatic heterocycles. The molecule has 0 aliphatic carbocycles. The molecule has 1 rings (SSSR count). The van der Waals surface area contributed by atoms with E-state index in [0.29, 0.717) is 12.3 Å². The predicted octanol–water partition coefficient (Wildman–Crippen LogP) is 0.869. The molecular formula is C10H19N2O. The van der Waals surface area contributed by atoms with Crippen molar-refractivity contribution < 1.29 is 4.79 Å². The molecule has 1 amide bonds. The van der Waals surface area contributed by atoms with Gasteiger partial charge in [-0.25, -0.2) is 5.32 Å². The van der Waals surface area contributed by atoms with Crippen LogP contribution >= 0.6 is 0 Å². The number of amides is 1. The summed E-state index contributed by atoms with van der Waals surface area (Å²) in [5.41, 5.74) is 0. The van der Waals surface area contributed by atoms with E-state index in [4.69, 9.17) is 0 Å². The molecule has 3 nitrogen and oxygen atoms in total. The Bertz CT molecular complexity index is 162. The van der Waals surface area contributed by atoms with Gasteiger partial charge in [0.25, 0.3) is 0 Å². The second-order valence-corrected chi connectivity index (χ2v) is 3.96. The van der Waals surface area contributed by atoms with Crippen LogP contribution in [-0.2, 0) is 4.79 Å². The van der Waals surface area contributed by atoms with E-state index in [9.17, 15) is 4.79 Å². The van der Waals surface area contributed by atoms with Crippen molar-refractivity contribution in [3.8, 4) is 0 Å². The number of piperidine rings is 1. The van der Waals surface area contributed by atoms with Gasteiger partial charge in [0.2, 0.25) is 5.91 Å². The standard InChI is InChI=1S/C10H19N2O/c1-12(2)10(13)6-5-9-4-3-7-11-8-9/h9H,3-8H2,1-2H3. The molecule has 1 unspecified atom stereocenters. The van der Waals surface area contributed by atoms with Crippen LogP contribution in [0.4, 0.5) is 0 Å². The Hall–Kier alpha value is -0.570. The molecule has 1 radical (unpaired) electrons. The van der Waals surface area contributed by atoms with E-state index in [1.54, 1.807) is 4.90 Å². The largest absolute Gasteiger partial charge is 0.349 e. The third-order valence-corrected chi connectivity index (χ3v) is 2.58. The summed E-state index contributed by atoms with van der Waals surface area (Å²) in [5.74, 6) is 0.906. The van der Waals surface area contributed by atoms with Crippen LogP contribution in [0, 0.1) is 5.92 Å². The van der Waals surface area contributed by atoms with Crippen LogP contribution in [0.3, 0.4) is 0 Å². The molecule has 75 valence electrons. The zero-order valence-electron chi connectivity index (χ0n) is 8.62. The third kappa shape index (κ3) is 3.77. The number of carbonyl (C=O) groups is 1. The van der Waals surface area contributed by atoms with Crippen LogP contribution in [0.5, 0.6) is 0 Å². The van der Waals surface area contributed by atoms with Gasteiger partial charge in [0.15, 0.2) is 0 Å². The van der Waals surface area contributed by atoms with Gasteiger partial charge in [0, 0.05) is 33.6 Å².